The van der Waals surface area contributed by atoms with Crippen molar-refractivity contribution in [2.24, 2.45) is 0 Å². The molecule has 0 bridgehead atoms. The number of ether oxygens (including phenoxy) is 3. The summed E-state index contributed by atoms with van der Waals surface area (Å²) >= 11 is 0. The van der Waals surface area contributed by atoms with Crippen LogP contribution in [0.25, 0.3) is 0 Å². The van der Waals surface area contributed by atoms with Crippen LogP contribution in [0.15, 0.2) is 30.3 Å². The van der Waals surface area contributed by atoms with E-state index in [0.717, 1.165) is 0 Å². The van der Waals surface area contributed by atoms with Gasteiger partial charge in [0.1, 0.15) is 18.5 Å². The smallest absolute Gasteiger partial charge is 0.347 e. The van der Waals surface area contributed by atoms with Crippen LogP contribution in [0.4, 0.5) is 0 Å². The van der Waals surface area contributed by atoms with Crippen LogP contribution >= 0.6 is 0 Å². The molecule has 86 valence electrons. The second-order valence-electron chi connectivity index (χ2n) is 3.66. The number of benzene rings is 1. The predicted molar refractivity (Wildman–Crippen MR) is 57.2 cm³/mol. The Bertz CT molecular complexity index is 345. The Balaban J connectivity index is 1.77. The monoisotopic (exact) mass is 222 g/mol. The first-order valence-corrected chi connectivity index (χ1v) is 5.25. The van der Waals surface area contributed by atoms with E-state index >= 15 is 0 Å². The quantitative estimate of drug-likeness (QED) is 0.558. The van der Waals surface area contributed by atoms with Gasteiger partial charge >= 0.3 is 5.97 Å². The number of esters is 1. The lowest BCUT2D eigenvalue weighted by molar-refractivity contribution is -0.151. The molecule has 1 heterocycles. The summed E-state index contributed by atoms with van der Waals surface area (Å²) in [6.45, 7) is 2.67. The van der Waals surface area contributed by atoms with Crippen molar-refractivity contribution in [1.29, 1.82) is 0 Å². The highest BCUT2D eigenvalue weighted by Gasteiger charge is 2.26. The first kappa shape index (κ1) is 11.0. The molecule has 0 radical (unpaired) electrons. The van der Waals surface area contributed by atoms with Crippen LogP contribution in [0, 0.1) is 0 Å². The third-order valence-corrected chi connectivity index (χ3v) is 2.20. The number of carbonyl (C=O) groups excluding carboxylic acids is 1. The number of para-hydroxylation sites is 1. The molecule has 16 heavy (non-hydrogen) atoms. The summed E-state index contributed by atoms with van der Waals surface area (Å²) in [5.41, 5.74) is 0. The molecular weight excluding hydrogens is 208 g/mol. The first-order valence-electron chi connectivity index (χ1n) is 5.25. The van der Waals surface area contributed by atoms with Gasteiger partial charge in [0.05, 0.1) is 6.61 Å². The molecule has 1 saturated heterocycles. The lowest BCUT2D eigenvalue weighted by Gasteiger charge is -2.13. The van der Waals surface area contributed by atoms with Gasteiger partial charge in [0, 0.05) is 0 Å². The fourth-order valence-corrected chi connectivity index (χ4v) is 1.21. The lowest BCUT2D eigenvalue weighted by atomic mass is 10.3. The fourth-order valence-electron chi connectivity index (χ4n) is 1.21. The molecule has 0 aromatic heterocycles. The van der Waals surface area contributed by atoms with Crippen molar-refractivity contribution in [3.8, 4) is 5.75 Å². The van der Waals surface area contributed by atoms with E-state index in [2.05, 4.69) is 0 Å². The van der Waals surface area contributed by atoms with Crippen LogP contribution in [0.1, 0.15) is 6.92 Å². The van der Waals surface area contributed by atoms with E-state index in [1.807, 2.05) is 18.2 Å². The van der Waals surface area contributed by atoms with E-state index in [1.165, 1.54) is 0 Å². The minimum absolute atomic E-state index is 0.0906. The largest absolute Gasteiger partial charge is 0.479 e. The molecule has 0 saturated carbocycles. The molecule has 1 aromatic rings. The number of hydrogen-bond donors (Lipinski definition) is 0. The highest BCUT2D eigenvalue weighted by atomic mass is 16.6. The van der Waals surface area contributed by atoms with Crippen LogP contribution < -0.4 is 4.74 Å². The van der Waals surface area contributed by atoms with Gasteiger partial charge in [0.15, 0.2) is 6.10 Å². The van der Waals surface area contributed by atoms with Crippen molar-refractivity contribution in [2.45, 2.75) is 19.1 Å². The zero-order valence-electron chi connectivity index (χ0n) is 9.09. The Kier molecular flexibility index (Phi) is 3.41. The highest BCUT2D eigenvalue weighted by molar-refractivity contribution is 5.74. The highest BCUT2D eigenvalue weighted by Crippen LogP contribution is 2.13. The summed E-state index contributed by atoms with van der Waals surface area (Å²) in [4.78, 5) is 11.5. The summed E-state index contributed by atoms with van der Waals surface area (Å²) in [7, 11) is 0. The van der Waals surface area contributed by atoms with Crippen LogP contribution in [0.3, 0.4) is 0 Å². The average Bonchev–Trinajstić information content (AvgIpc) is 3.11. The van der Waals surface area contributed by atoms with E-state index < -0.39 is 6.10 Å². The van der Waals surface area contributed by atoms with E-state index in [4.69, 9.17) is 14.2 Å². The van der Waals surface area contributed by atoms with Gasteiger partial charge in [0.2, 0.25) is 0 Å². The van der Waals surface area contributed by atoms with Crippen LogP contribution in [0.5, 0.6) is 5.75 Å². The van der Waals surface area contributed by atoms with Crippen molar-refractivity contribution in [2.75, 3.05) is 13.2 Å². The molecule has 0 amide bonds. The van der Waals surface area contributed by atoms with Gasteiger partial charge in [-0.05, 0) is 19.1 Å². The number of hydrogen-bond acceptors (Lipinski definition) is 4. The van der Waals surface area contributed by atoms with Gasteiger partial charge in [-0.3, -0.25) is 0 Å². The molecule has 0 N–H and O–H groups in total. The molecule has 1 aliphatic heterocycles. The second kappa shape index (κ2) is 4.99. The van der Waals surface area contributed by atoms with Crippen LogP contribution in [-0.2, 0) is 14.3 Å². The van der Waals surface area contributed by atoms with E-state index in [9.17, 15) is 4.79 Å². The zero-order chi connectivity index (χ0) is 11.4. The molecule has 2 atom stereocenters. The standard InChI is InChI=1S/C12H14O4/c1-9(12(13)15-8-11-7-14-11)16-10-5-3-2-4-6-10/h2-6,9,11H,7-8H2,1H3. The molecule has 1 aromatic carbocycles. The lowest BCUT2D eigenvalue weighted by Crippen LogP contribution is -2.27. The second-order valence-corrected chi connectivity index (χ2v) is 3.66. The number of carbonyl (C=O) groups is 1. The number of rotatable bonds is 5. The molecule has 0 spiro atoms. The fraction of sp³-hybridized carbons (Fsp3) is 0.417. The molecule has 4 heteroatoms. The molecule has 2 unspecified atom stereocenters. The van der Waals surface area contributed by atoms with Gasteiger partial charge in [-0.2, -0.15) is 0 Å². The van der Waals surface area contributed by atoms with Gasteiger partial charge < -0.3 is 14.2 Å². The van der Waals surface area contributed by atoms with Gasteiger partial charge in [-0.25, -0.2) is 4.79 Å². The molecule has 1 aliphatic rings. The summed E-state index contributed by atoms with van der Waals surface area (Å²) in [6.07, 6.45) is -0.506. The average molecular weight is 222 g/mol. The maximum absolute atomic E-state index is 11.5. The number of epoxide rings is 1. The molecule has 4 nitrogen and oxygen atoms in total. The van der Waals surface area contributed by atoms with Crippen molar-refractivity contribution in [3.05, 3.63) is 30.3 Å². The SMILES string of the molecule is CC(Oc1ccccc1)C(=O)OCC1CO1. The third-order valence-electron chi connectivity index (χ3n) is 2.20. The van der Waals surface area contributed by atoms with Crippen LogP contribution in [0.2, 0.25) is 0 Å². The zero-order valence-corrected chi connectivity index (χ0v) is 9.09. The third kappa shape index (κ3) is 3.24. The normalized spacial score (nSPS) is 19.9. The van der Waals surface area contributed by atoms with Gasteiger partial charge in [0.25, 0.3) is 0 Å². The Hall–Kier alpha value is -1.55. The van der Waals surface area contributed by atoms with Gasteiger partial charge in [-0.15, -0.1) is 0 Å². The minimum atomic E-state index is -0.596. The van der Waals surface area contributed by atoms with E-state index in [1.54, 1.807) is 19.1 Å². The first-order chi connectivity index (χ1) is 7.75. The molecular formula is C12H14O4. The van der Waals surface area contributed by atoms with Crippen molar-refractivity contribution in [3.63, 3.8) is 0 Å². The van der Waals surface area contributed by atoms with E-state index in [-0.39, 0.29) is 12.1 Å². The van der Waals surface area contributed by atoms with E-state index in [0.29, 0.717) is 19.0 Å². The predicted octanol–water partition coefficient (Wildman–Crippen LogP) is 1.40. The van der Waals surface area contributed by atoms with Crippen molar-refractivity contribution < 1.29 is 19.0 Å². The summed E-state index contributed by atoms with van der Waals surface area (Å²) in [6, 6.07) is 9.19. The Morgan fingerprint density at radius 1 is 1.50 bits per heavy atom. The van der Waals surface area contributed by atoms with Crippen LogP contribution in [-0.4, -0.2) is 31.4 Å². The molecule has 1 fully saturated rings. The van der Waals surface area contributed by atoms with Crippen molar-refractivity contribution in [1.82, 2.24) is 0 Å². The maximum Gasteiger partial charge on any atom is 0.347 e. The van der Waals surface area contributed by atoms with Gasteiger partial charge in [-0.1, -0.05) is 18.2 Å². The Morgan fingerprint density at radius 2 is 2.19 bits per heavy atom. The maximum atomic E-state index is 11.5. The van der Waals surface area contributed by atoms with Crippen molar-refractivity contribution >= 4 is 5.97 Å². The molecule has 0 aliphatic carbocycles. The summed E-state index contributed by atoms with van der Waals surface area (Å²) in [5.74, 6) is 0.300. The Labute approximate surface area is 94.1 Å². The Morgan fingerprint density at radius 3 is 2.81 bits per heavy atom. The topological polar surface area (TPSA) is 48.1 Å². The summed E-state index contributed by atoms with van der Waals surface area (Å²) in [5, 5.41) is 0. The summed E-state index contributed by atoms with van der Waals surface area (Å²) < 4.78 is 15.4. The molecule has 2 rings (SSSR count). The minimum Gasteiger partial charge on any atom is -0.479 e.